The Hall–Kier alpha value is -0.820. The molecule has 0 spiro atoms. The number of hydrogen-bond acceptors (Lipinski definition) is 1. The van der Waals surface area contributed by atoms with Crippen LogP contribution in [0.5, 0.6) is 0 Å². The number of rotatable bonds is 4. The van der Waals surface area contributed by atoms with Gasteiger partial charge < -0.3 is 5.73 Å². The minimum atomic E-state index is 0.228. The zero-order valence-corrected chi connectivity index (χ0v) is 11.9. The lowest BCUT2D eigenvalue weighted by molar-refractivity contribution is 0.324. The number of nitrogens with two attached hydrogens (primary N) is 1. The molecule has 1 heteroatoms. The first-order valence-corrected chi connectivity index (χ1v) is 7.49. The van der Waals surface area contributed by atoms with Crippen molar-refractivity contribution in [2.75, 3.05) is 0 Å². The van der Waals surface area contributed by atoms with Gasteiger partial charge in [0.1, 0.15) is 0 Å². The Morgan fingerprint density at radius 1 is 1.11 bits per heavy atom. The van der Waals surface area contributed by atoms with Crippen LogP contribution in [-0.4, -0.2) is 0 Å². The molecule has 1 saturated carbocycles. The van der Waals surface area contributed by atoms with Gasteiger partial charge in [0.15, 0.2) is 0 Å². The first kappa shape index (κ1) is 13.6. The lowest BCUT2D eigenvalue weighted by atomic mass is 9.84. The van der Waals surface area contributed by atoms with Crippen molar-refractivity contribution in [3.8, 4) is 0 Å². The van der Waals surface area contributed by atoms with Crippen molar-refractivity contribution in [2.24, 2.45) is 11.7 Å². The van der Waals surface area contributed by atoms with E-state index in [1.807, 2.05) is 0 Å². The number of benzene rings is 1. The van der Waals surface area contributed by atoms with Crippen LogP contribution in [0.25, 0.3) is 0 Å². The van der Waals surface area contributed by atoms with Gasteiger partial charge in [0, 0.05) is 6.04 Å². The molecule has 0 bridgehead atoms. The predicted molar refractivity (Wildman–Crippen MR) is 78.7 cm³/mol. The van der Waals surface area contributed by atoms with Crippen LogP contribution < -0.4 is 5.73 Å². The Morgan fingerprint density at radius 3 is 2.50 bits per heavy atom. The fourth-order valence-corrected chi connectivity index (χ4v) is 3.05. The minimum Gasteiger partial charge on any atom is -0.324 e. The zero-order chi connectivity index (χ0) is 13.0. The van der Waals surface area contributed by atoms with Crippen molar-refractivity contribution in [3.63, 3.8) is 0 Å². The van der Waals surface area contributed by atoms with Crippen LogP contribution >= 0.6 is 0 Å². The lowest BCUT2D eigenvalue weighted by Crippen LogP contribution is -2.14. The molecule has 0 saturated heterocycles. The molecule has 2 N–H and O–H groups in total. The first-order chi connectivity index (χ1) is 8.66. The van der Waals surface area contributed by atoms with E-state index in [2.05, 4.69) is 32.0 Å². The van der Waals surface area contributed by atoms with Crippen LogP contribution in [0.3, 0.4) is 0 Å². The van der Waals surface area contributed by atoms with Gasteiger partial charge in [0.25, 0.3) is 0 Å². The van der Waals surface area contributed by atoms with Crippen LogP contribution in [0.4, 0.5) is 0 Å². The van der Waals surface area contributed by atoms with Crippen molar-refractivity contribution in [1.82, 2.24) is 0 Å². The average molecular weight is 245 g/mol. The van der Waals surface area contributed by atoms with E-state index in [1.165, 1.54) is 55.2 Å². The standard InChI is InChI=1S/C17H27N/c1-13-8-10-16(12-14(13)2)17(18)11-9-15-6-4-3-5-7-15/h8,10,12,15,17H,3-7,9,11,18H2,1-2H3. The van der Waals surface area contributed by atoms with Gasteiger partial charge in [0.2, 0.25) is 0 Å². The van der Waals surface area contributed by atoms with Gasteiger partial charge in [-0.05, 0) is 49.3 Å². The summed E-state index contributed by atoms with van der Waals surface area (Å²) < 4.78 is 0. The Bertz CT molecular complexity index is 377. The van der Waals surface area contributed by atoms with Gasteiger partial charge in [-0.2, -0.15) is 0 Å². The monoisotopic (exact) mass is 245 g/mol. The maximum Gasteiger partial charge on any atom is 0.0295 e. The predicted octanol–water partition coefficient (Wildman–Crippen LogP) is 4.66. The Balaban J connectivity index is 1.86. The van der Waals surface area contributed by atoms with Crippen LogP contribution in [0.2, 0.25) is 0 Å². The average Bonchev–Trinajstić information content (AvgIpc) is 2.40. The Kier molecular flexibility index (Phi) is 4.82. The summed E-state index contributed by atoms with van der Waals surface area (Å²) in [5.41, 5.74) is 10.4. The normalized spacial score (nSPS) is 18.8. The van der Waals surface area contributed by atoms with E-state index in [9.17, 15) is 0 Å². The van der Waals surface area contributed by atoms with E-state index in [-0.39, 0.29) is 6.04 Å². The molecule has 100 valence electrons. The molecule has 0 aromatic heterocycles. The summed E-state index contributed by atoms with van der Waals surface area (Å²) in [6.07, 6.45) is 9.63. The smallest absolute Gasteiger partial charge is 0.0295 e. The van der Waals surface area contributed by atoms with E-state index in [4.69, 9.17) is 5.73 Å². The summed E-state index contributed by atoms with van der Waals surface area (Å²) in [5.74, 6) is 0.941. The first-order valence-electron chi connectivity index (χ1n) is 7.49. The topological polar surface area (TPSA) is 26.0 Å². The molecule has 0 amide bonds. The molecule has 1 aliphatic rings. The molecule has 18 heavy (non-hydrogen) atoms. The fraction of sp³-hybridized carbons (Fsp3) is 0.647. The summed E-state index contributed by atoms with van der Waals surface area (Å²) in [5, 5.41) is 0. The molecule has 1 unspecified atom stereocenters. The van der Waals surface area contributed by atoms with Crippen LogP contribution in [0.15, 0.2) is 18.2 Å². The van der Waals surface area contributed by atoms with E-state index >= 15 is 0 Å². The van der Waals surface area contributed by atoms with Gasteiger partial charge in [-0.15, -0.1) is 0 Å². The third-order valence-electron chi connectivity index (χ3n) is 4.57. The third kappa shape index (κ3) is 3.58. The maximum atomic E-state index is 6.33. The Morgan fingerprint density at radius 2 is 1.83 bits per heavy atom. The van der Waals surface area contributed by atoms with Crippen molar-refractivity contribution < 1.29 is 0 Å². The molecule has 1 nitrogen and oxygen atoms in total. The van der Waals surface area contributed by atoms with E-state index in [1.54, 1.807) is 0 Å². The number of hydrogen-bond donors (Lipinski definition) is 1. The largest absolute Gasteiger partial charge is 0.324 e. The molecule has 1 fully saturated rings. The SMILES string of the molecule is Cc1ccc(C(N)CCC2CCCCC2)cc1C. The second-order valence-electron chi connectivity index (χ2n) is 6.03. The molecule has 2 rings (SSSR count). The molecule has 1 aromatic rings. The highest BCUT2D eigenvalue weighted by molar-refractivity contribution is 5.31. The van der Waals surface area contributed by atoms with E-state index in [0.717, 1.165) is 12.3 Å². The second kappa shape index (κ2) is 6.38. The van der Waals surface area contributed by atoms with Crippen LogP contribution in [0.1, 0.15) is 67.7 Å². The molecule has 0 radical (unpaired) electrons. The molecular formula is C17H27N. The summed E-state index contributed by atoms with van der Waals surface area (Å²) >= 11 is 0. The molecule has 1 aliphatic carbocycles. The molecular weight excluding hydrogens is 218 g/mol. The molecule has 1 aromatic carbocycles. The van der Waals surface area contributed by atoms with Crippen LogP contribution in [0, 0.1) is 19.8 Å². The van der Waals surface area contributed by atoms with Crippen molar-refractivity contribution in [3.05, 3.63) is 34.9 Å². The minimum absolute atomic E-state index is 0.228. The summed E-state index contributed by atoms with van der Waals surface area (Å²) in [6.45, 7) is 4.33. The molecule has 1 atom stereocenters. The van der Waals surface area contributed by atoms with Gasteiger partial charge in [-0.3, -0.25) is 0 Å². The molecule has 0 aliphatic heterocycles. The quantitative estimate of drug-likeness (QED) is 0.820. The number of aryl methyl sites for hydroxylation is 2. The van der Waals surface area contributed by atoms with Crippen molar-refractivity contribution in [2.45, 2.75) is 64.8 Å². The van der Waals surface area contributed by atoms with Gasteiger partial charge in [-0.1, -0.05) is 50.3 Å². The van der Waals surface area contributed by atoms with Crippen LogP contribution in [-0.2, 0) is 0 Å². The maximum absolute atomic E-state index is 6.33. The highest BCUT2D eigenvalue weighted by Gasteiger charge is 2.15. The van der Waals surface area contributed by atoms with Crippen molar-refractivity contribution >= 4 is 0 Å². The lowest BCUT2D eigenvalue weighted by Gasteiger charge is -2.23. The Labute approximate surface area is 112 Å². The van der Waals surface area contributed by atoms with Gasteiger partial charge in [-0.25, -0.2) is 0 Å². The zero-order valence-electron chi connectivity index (χ0n) is 11.9. The van der Waals surface area contributed by atoms with E-state index < -0.39 is 0 Å². The second-order valence-corrected chi connectivity index (χ2v) is 6.03. The van der Waals surface area contributed by atoms with Gasteiger partial charge >= 0.3 is 0 Å². The van der Waals surface area contributed by atoms with E-state index in [0.29, 0.717) is 0 Å². The fourth-order valence-electron chi connectivity index (χ4n) is 3.05. The summed E-state index contributed by atoms with van der Waals surface area (Å²) in [7, 11) is 0. The summed E-state index contributed by atoms with van der Waals surface area (Å²) in [6, 6.07) is 6.89. The highest BCUT2D eigenvalue weighted by Crippen LogP contribution is 2.30. The molecule has 0 heterocycles. The van der Waals surface area contributed by atoms with Crippen molar-refractivity contribution in [1.29, 1.82) is 0 Å². The highest BCUT2D eigenvalue weighted by atomic mass is 14.6. The van der Waals surface area contributed by atoms with Gasteiger partial charge in [0.05, 0.1) is 0 Å². The third-order valence-corrected chi connectivity index (χ3v) is 4.57. The summed E-state index contributed by atoms with van der Waals surface area (Å²) in [4.78, 5) is 0.